The second-order valence-electron chi connectivity index (χ2n) is 6.83. The maximum atomic E-state index is 12.9. The molecule has 1 fully saturated rings. The molecule has 0 aliphatic carbocycles. The van der Waals surface area contributed by atoms with Gasteiger partial charge in [-0.1, -0.05) is 6.07 Å². The van der Waals surface area contributed by atoms with E-state index in [2.05, 4.69) is 20.4 Å². The fraction of sp³-hybridized carbons (Fsp3) is 0.444. The van der Waals surface area contributed by atoms with Crippen molar-refractivity contribution >= 4 is 11.8 Å². The molecule has 0 saturated carbocycles. The minimum atomic E-state index is -4.39. The standard InChI is InChI=1S/C18H20F3N5O2/c19-18(20,21)12-1-2-13-14(4-10-28-15(13)11-12)25-6-8-26(9-7-25)17(27)23-16-3-5-22-24-16/h1-3,5,11,14H,4,6-10H2,(H2,22,23,24,27). The minimum absolute atomic E-state index is 0.0103. The number of fused-ring (bicyclic) bond motifs is 1. The molecule has 2 aliphatic heterocycles. The van der Waals surface area contributed by atoms with Crippen LogP contribution in [0.5, 0.6) is 5.75 Å². The highest BCUT2D eigenvalue weighted by Crippen LogP contribution is 2.40. The molecule has 1 aromatic carbocycles. The third kappa shape index (κ3) is 3.77. The molecule has 3 heterocycles. The number of alkyl halides is 3. The number of hydrogen-bond acceptors (Lipinski definition) is 4. The van der Waals surface area contributed by atoms with E-state index in [0.717, 1.165) is 17.7 Å². The van der Waals surface area contributed by atoms with E-state index in [9.17, 15) is 18.0 Å². The Balaban J connectivity index is 1.41. The smallest absolute Gasteiger partial charge is 0.416 e. The van der Waals surface area contributed by atoms with Crippen molar-refractivity contribution in [3.63, 3.8) is 0 Å². The Hall–Kier alpha value is -2.75. The van der Waals surface area contributed by atoms with Gasteiger partial charge < -0.3 is 9.64 Å². The third-order valence-electron chi connectivity index (χ3n) is 5.13. The fourth-order valence-electron chi connectivity index (χ4n) is 3.68. The first-order chi connectivity index (χ1) is 13.4. The molecule has 0 radical (unpaired) electrons. The van der Waals surface area contributed by atoms with Gasteiger partial charge in [-0.2, -0.15) is 18.3 Å². The number of urea groups is 1. The number of benzene rings is 1. The van der Waals surface area contributed by atoms with Gasteiger partial charge in [0.2, 0.25) is 0 Å². The number of halogens is 3. The molecule has 150 valence electrons. The molecule has 2 aromatic rings. The highest BCUT2D eigenvalue weighted by Gasteiger charge is 2.35. The first kappa shape index (κ1) is 18.6. The van der Waals surface area contributed by atoms with Crippen molar-refractivity contribution in [3.05, 3.63) is 41.6 Å². The predicted octanol–water partition coefficient (Wildman–Crippen LogP) is 3.10. The number of piperazine rings is 1. The average Bonchev–Trinajstić information content (AvgIpc) is 3.19. The zero-order valence-corrected chi connectivity index (χ0v) is 15.0. The van der Waals surface area contributed by atoms with Gasteiger partial charge in [0.25, 0.3) is 0 Å². The van der Waals surface area contributed by atoms with Gasteiger partial charge in [0.1, 0.15) is 11.6 Å². The SMILES string of the molecule is O=C(Nc1ccn[nH]1)N1CCN(C2CCOc3cc(C(F)(F)F)ccc32)CC1. The van der Waals surface area contributed by atoms with E-state index in [0.29, 0.717) is 50.8 Å². The summed E-state index contributed by atoms with van der Waals surface area (Å²) < 4.78 is 44.3. The van der Waals surface area contributed by atoms with Gasteiger partial charge in [-0.3, -0.25) is 15.3 Å². The lowest BCUT2D eigenvalue weighted by Crippen LogP contribution is -2.51. The van der Waals surface area contributed by atoms with E-state index < -0.39 is 11.7 Å². The lowest BCUT2D eigenvalue weighted by Gasteiger charge is -2.41. The van der Waals surface area contributed by atoms with Gasteiger partial charge in [-0.25, -0.2) is 4.79 Å². The van der Waals surface area contributed by atoms with Crippen LogP contribution < -0.4 is 10.1 Å². The number of nitrogens with zero attached hydrogens (tertiary/aromatic N) is 3. The summed E-state index contributed by atoms with van der Waals surface area (Å²) in [6, 6.07) is 5.15. The lowest BCUT2D eigenvalue weighted by atomic mass is 9.96. The number of hydrogen-bond donors (Lipinski definition) is 2. The van der Waals surface area contributed by atoms with E-state index in [1.165, 1.54) is 6.07 Å². The molecule has 0 spiro atoms. The molecule has 1 saturated heterocycles. The van der Waals surface area contributed by atoms with Crippen molar-refractivity contribution in [2.45, 2.75) is 18.6 Å². The van der Waals surface area contributed by atoms with E-state index in [-0.39, 0.29) is 12.1 Å². The Morgan fingerprint density at radius 2 is 2.00 bits per heavy atom. The van der Waals surface area contributed by atoms with Gasteiger partial charge in [0, 0.05) is 50.3 Å². The number of ether oxygens (including phenoxy) is 1. The molecular weight excluding hydrogens is 375 g/mol. The van der Waals surface area contributed by atoms with Crippen LogP contribution >= 0.6 is 0 Å². The van der Waals surface area contributed by atoms with Gasteiger partial charge in [0.05, 0.1) is 18.4 Å². The molecule has 10 heteroatoms. The second-order valence-corrected chi connectivity index (χ2v) is 6.83. The highest BCUT2D eigenvalue weighted by atomic mass is 19.4. The quantitative estimate of drug-likeness (QED) is 0.820. The van der Waals surface area contributed by atoms with Crippen molar-refractivity contribution in [2.75, 3.05) is 38.1 Å². The zero-order chi connectivity index (χ0) is 19.7. The number of carbonyl (C=O) groups excluding carboxylic acids is 1. The molecular formula is C18H20F3N5O2. The summed E-state index contributed by atoms with van der Waals surface area (Å²) in [7, 11) is 0. The summed E-state index contributed by atoms with van der Waals surface area (Å²) in [6.45, 7) is 2.73. The van der Waals surface area contributed by atoms with E-state index >= 15 is 0 Å². The van der Waals surface area contributed by atoms with Gasteiger partial charge >= 0.3 is 12.2 Å². The number of anilines is 1. The lowest BCUT2D eigenvalue weighted by molar-refractivity contribution is -0.137. The largest absolute Gasteiger partial charge is 0.493 e. The Labute approximate surface area is 159 Å². The summed E-state index contributed by atoms with van der Waals surface area (Å²) in [5, 5.41) is 9.21. The van der Waals surface area contributed by atoms with E-state index in [4.69, 9.17) is 4.74 Å². The van der Waals surface area contributed by atoms with E-state index in [1.807, 2.05) is 0 Å². The average molecular weight is 395 g/mol. The first-order valence-electron chi connectivity index (χ1n) is 9.05. The molecule has 28 heavy (non-hydrogen) atoms. The topological polar surface area (TPSA) is 73.5 Å². The number of carbonyl (C=O) groups is 1. The summed E-state index contributed by atoms with van der Waals surface area (Å²) in [4.78, 5) is 16.2. The molecule has 2 amide bonds. The van der Waals surface area contributed by atoms with Crippen molar-refractivity contribution in [3.8, 4) is 5.75 Å². The van der Waals surface area contributed by atoms with Crippen LogP contribution in [-0.4, -0.2) is 58.8 Å². The number of nitrogens with one attached hydrogen (secondary N) is 2. The number of H-pyrrole nitrogens is 1. The maximum absolute atomic E-state index is 12.9. The normalized spacial score (nSPS) is 20.4. The van der Waals surface area contributed by atoms with Crippen molar-refractivity contribution in [2.24, 2.45) is 0 Å². The molecule has 2 N–H and O–H groups in total. The number of aromatic nitrogens is 2. The Morgan fingerprint density at radius 3 is 2.68 bits per heavy atom. The summed E-state index contributed by atoms with van der Waals surface area (Å²) in [5.41, 5.74) is 0.0711. The first-order valence-corrected chi connectivity index (χ1v) is 9.05. The minimum Gasteiger partial charge on any atom is -0.493 e. The van der Waals surface area contributed by atoms with Crippen LogP contribution in [0.2, 0.25) is 0 Å². The zero-order valence-electron chi connectivity index (χ0n) is 15.0. The van der Waals surface area contributed by atoms with Crippen LogP contribution in [0, 0.1) is 0 Å². The summed E-state index contributed by atoms with van der Waals surface area (Å²) in [5.74, 6) is 0.830. The van der Waals surface area contributed by atoms with E-state index in [1.54, 1.807) is 17.2 Å². The van der Waals surface area contributed by atoms with Crippen molar-refractivity contribution in [1.29, 1.82) is 0 Å². The highest BCUT2D eigenvalue weighted by molar-refractivity contribution is 5.88. The Bertz CT molecular complexity index is 832. The molecule has 1 aromatic heterocycles. The van der Waals surface area contributed by atoms with Crippen LogP contribution in [0.1, 0.15) is 23.6 Å². The molecule has 1 atom stereocenters. The summed E-state index contributed by atoms with van der Waals surface area (Å²) in [6.07, 6.45) is -2.13. The molecule has 7 nitrogen and oxygen atoms in total. The van der Waals surface area contributed by atoms with Crippen molar-refractivity contribution in [1.82, 2.24) is 20.0 Å². The van der Waals surface area contributed by atoms with Gasteiger partial charge in [-0.05, 0) is 12.1 Å². The van der Waals surface area contributed by atoms with Gasteiger partial charge in [0.15, 0.2) is 0 Å². The van der Waals surface area contributed by atoms with Crippen molar-refractivity contribution < 1.29 is 22.7 Å². The monoisotopic (exact) mass is 395 g/mol. The van der Waals surface area contributed by atoms with Crippen LogP contribution in [0.15, 0.2) is 30.5 Å². The Morgan fingerprint density at radius 1 is 1.21 bits per heavy atom. The fourth-order valence-corrected chi connectivity index (χ4v) is 3.68. The van der Waals surface area contributed by atoms with Crippen LogP contribution in [0.4, 0.5) is 23.8 Å². The van der Waals surface area contributed by atoms with Crippen LogP contribution in [0.3, 0.4) is 0 Å². The molecule has 4 rings (SSSR count). The molecule has 0 bridgehead atoms. The molecule has 2 aliphatic rings. The number of aromatic amines is 1. The summed E-state index contributed by atoms with van der Waals surface area (Å²) >= 11 is 0. The van der Waals surface area contributed by atoms with Gasteiger partial charge in [-0.15, -0.1) is 0 Å². The maximum Gasteiger partial charge on any atom is 0.416 e. The second kappa shape index (κ2) is 7.34. The number of rotatable bonds is 2. The number of amides is 2. The van der Waals surface area contributed by atoms with Crippen LogP contribution in [-0.2, 0) is 6.18 Å². The van der Waals surface area contributed by atoms with Crippen LogP contribution in [0.25, 0.3) is 0 Å². The molecule has 1 unspecified atom stereocenters. The third-order valence-corrected chi connectivity index (χ3v) is 5.13. The Kier molecular flexibility index (Phi) is 4.88. The predicted molar refractivity (Wildman–Crippen MR) is 95.0 cm³/mol.